The number of Topliss-reactive ketones (excluding diaryl/α,β-unsaturated/α-hetero) is 1. The monoisotopic (exact) mass is 214 g/mol. The Morgan fingerprint density at radius 2 is 1.53 bits per heavy atom. The molecule has 0 spiro atoms. The second kappa shape index (κ2) is 7.96. The second-order valence-electron chi connectivity index (χ2n) is 3.38. The van der Waals surface area contributed by atoms with Crippen LogP contribution in [-0.2, 0) is 14.4 Å². The standard InChI is InChI=1S/C10H18N2O3/c1-12-10(15)8(13)6-4-2-3-5-7-9(11)14/h2-7H2,1H3,(H2,11,14)(H,12,15). The number of rotatable bonds is 8. The highest BCUT2D eigenvalue weighted by Crippen LogP contribution is 2.05. The lowest BCUT2D eigenvalue weighted by Gasteiger charge is -1.99. The highest BCUT2D eigenvalue weighted by atomic mass is 16.2. The summed E-state index contributed by atoms with van der Waals surface area (Å²) in [6.45, 7) is 0. The van der Waals surface area contributed by atoms with E-state index in [1.165, 1.54) is 7.05 Å². The van der Waals surface area contributed by atoms with Gasteiger partial charge in [-0.3, -0.25) is 14.4 Å². The second-order valence-corrected chi connectivity index (χ2v) is 3.38. The molecular weight excluding hydrogens is 196 g/mol. The van der Waals surface area contributed by atoms with Crippen LogP contribution in [0.3, 0.4) is 0 Å². The van der Waals surface area contributed by atoms with Crippen molar-refractivity contribution in [2.75, 3.05) is 7.05 Å². The SMILES string of the molecule is CNC(=O)C(=O)CCCCCCC(N)=O. The van der Waals surface area contributed by atoms with Gasteiger partial charge in [0.15, 0.2) is 0 Å². The number of carbonyl (C=O) groups excluding carboxylic acids is 3. The first kappa shape index (κ1) is 13.6. The van der Waals surface area contributed by atoms with E-state index in [1.54, 1.807) is 0 Å². The zero-order chi connectivity index (χ0) is 11.7. The molecule has 0 atom stereocenters. The van der Waals surface area contributed by atoms with Gasteiger partial charge in [0.2, 0.25) is 11.7 Å². The van der Waals surface area contributed by atoms with Gasteiger partial charge in [-0.15, -0.1) is 0 Å². The summed E-state index contributed by atoms with van der Waals surface area (Å²) in [5.41, 5.74) is 4.97. The van der Waals surface area contributed by atoms with Gasteiger partial charge in [0.25, 0.3) is 5.91 Å². The van der Waals surface area contributed by atoms with Crippen LogP contribution in [0.25, 0.3) is 0 Å². The van der Waals surface area contributed by atoms with Crippen molar-refractivity contribution in [3.63, 3.8) is 0 Å². The van der Waals surface area contributed by atoms with Crippen molar-refractivity contribution in [2.24, 2.45) is 5.73 Å². The molecule has 15 heavy (non-hydrogen) atoms. The number of hydrogen-bond donors (Lipinski definition) is 2. The van der Waals surface area contributed by atoms with Gasteiger partial charge in [0.05, 0.1) is 0 Å². The Hall–Kier alpha value is -1.39. The first-order valence-electron chi connectivity index (χ1n) is 5.11. The van der Waals surface area contributed by atoms with Crippen molar-refractivity contribution >= 4 is 17.6 Å². The molecule has 2 amide bonds. The van der Waals surface area contributed by atoms with Crippen molar-refractivity contribution in [3.05, 3.63) is 0 Å². The van der Waals surface area contributed by atoms with Gasteiger partial charge in [-0.2, -0.15) is 0 Å². The van der Waals surface area contributed by atoms with Crippen molar-refractivity contribution in [2.45, 2.75) is 38.5 Å². The highest BCUT2D eigenvalue weighted by Gasteiger charge is 2.09. The molecule has 0 aromatic heterocycles. The number of carbonyl (C=O) groups is 3. The zero-order valence-corrected chi connectivity index (χ0v) is 9.04. The van der Waals surface area contributed by atoms with Gasteiger partial charge in [0, 0.05) is 19.9 Å². The van der Waals surface area contributed by atoms with Gasteiger partial charge in [-0.05, 0) is 12.8 Å². The topological polar surface area (TPSA) is 89.3 Å². The smallest absolute Gasteiger partial charge is 0.287 e. The molecule has 86 valence electrons. The average Bonchev–Trinajstić information content (AvgIpc) is 2.21. The molecule has 0 saturated heterocycles. The maximum absolute atomic E-state index is 11.0. The summed E-state index contributed by atoms with van der Waals surface area (Å²) in [6, 6.07) is 0. The summed E-state index contributed by atoms with van der Waals surface area (Å²) < 4.78 is 0. The lowest BCUT2D eigenvalue weighted by Crippen LogP contribution is -2.27. The van der Waals surface area contributed by atoms with Crippen LogP contribution in [0, 0.1) is 0 Å². The van der Waals surface area contributed by atoms with E-state index in [2.05, 4.69) is 5.32 Å². The van der Waals surface area contributed by atoms with Crippen molar-refractivity contribution in [3.8, 4) is 0 Å². The molecule has 0 aliphatic rings. The number of amides is 2. The molecule has 0 unspecified atom stereocenters. The van der Waals surface area contributed by atoms with Gasteiger partial charge in [-0.1, -0.05) is 12.8 Å². The van der Waals surface area contributed by atoms with Crippen LogP contribution in [0.5, 0.6) is 0 Å². The Labute approximate surface area is 89.4 Å². The summed E-state index contributed by atoms with van der Waals surface area (Å²) in [6.07, 6.45) is 3.81. The maximum Gasteiger partial charge on any atom is 0.287 e. The number of primary amides is 1. The Bertz CT molecular complexity index is 239. The number of hydrogen-bond acceptors (Lipinski definition) is 3. The number of nitrogens with two attached hydrogens (primary N) is 1. The molecule has 5 nitrogen and oxygen atoms in total. The van der Waals surface area contributed by atoms with E-state index < -0.39 is 5.91 Å². The van der Waals surface area contributed by atoms with E-state index >= 15 is 0 Å². The van der Waals surface area contributed by atoms with Crippen molar-refractivity contribution in [1.82, 2.24) is 5.32 Å². The molecule has 0 rings (SSSR count). The Morgan fingerprint density at radius 3 is 2.00 bits per heavy atom. The van der Waals surface area contributed by atoms with Crippen LogP contribution in [0.1, 0.15) is 38.5 Å². The maximum atomic E-state index is 11.0. The molecular formula is C10H18N2O3. The van der Waals surface area contributed by atoms with Crippen molar-refractivity contribution < 1.29 is 14.4 Å². The summed E-state index contributed by atoms with van der Waals surface area (Å²) in [5, 5.41) is 2.28. The fraction of sp³-hybridized carbons (Fsp3) is 0.700. The van der Waals surface area contributed by atoms with Crippen LogP contribution in [0.15, 0.2) is 0 Å². The van der Waals surface area contributed by atoms with Crippen LogP contribution < -0.4 is 11.1 Å². The minimum atomic E-state index is -0.535. The highest BCUT2D eigenvalue weighted by molar-refractivity contribution is 6.36. The molecule has 0 aromatic carbocycles. The number of nitrogens with one attached hydrogen (secondary N) is 1. The van der Waals surface area contributed by atoms with Gasteiger partial charge in [-0.25, -0.2) is 0 Å². The fourth-order valence-electron chi connectivity index (χ4n) is 1.19. The van der Waals surface area contributed by atoms with E-state index in [9.17, 15) is 14.4 Å². The summed E-state index contributed by atoms with van der Waals surface area (Å²) in [4.78, 5) is 32.2. The molecule has 0 heterocycles. The fourth-order valence-corrected chi connectivity index (χ4v) is 1.19. The molecule has 3 N–H and O–H groups in total. The largest absolute Gasteiger partial charge is 0.370 e. The van der Waals surface area contributed by atoms with E-state index in [0.717, 1.165) is 19.3 Å². The van der Waals surface area contributed by atoms with E-state index in [4.69, 9.17) is 5.73 Å². The predicted molar refractivity (Wildman–Crippen MR) is 56.0 cm³/mol. The lowest BCUT2D eigenvalue weighted by atomic mass is 10.1. The van der Waals surface area contributed by atoms with E-state index in [0.29, 0.717) is 12.8 Å². The van der Waals surface area contributed by atoms with Crippen LogP contribution in [-0.4, -0.2) is 24.6 Å². The minimum absolute atomic E-state index is 0.274. The van der Waals surface area contributed by atoms with E-state index in [1.807, 2.05) is 0 Å². The molecule has 5 heteroatoms. The molecule has 0 aliphatic carbocycles. The lowest BCUT2D eigenvalue weighted by molar-refractivity contribution is -0.137. The summed E-state index contributed by atoms with van der Waals surface area (Å²) in [7, 11) is 1.44. The third-order valence-electron chi connectivity index (χ3n) is 2.06. The first-order valence-corrected chi connectivity index (χ1v) is 5.11. The normalized spacial score (nSPS) is 9.67. The average molecular weight is 214 g/mol. The molecule has 0 radical (unpaired) electrons. The van der Waals surface area contributed by atoms with E-state index in [-0.39, 0.29) is 18.1 Å². The van der Waals surface area contributed by atoms with Crippen LogP contribution in [0.4, 0.5) is 0 Å². The predicted octanol–water partition coefficient (Wildman–Crippen LogP) is 0.127. The van der Waals surface area contributed by atoms with Gasteiger partial charge < -0.3 is 11.1 Å². The quantitative estimate of drug-likeness (QED) is 0.444. The first-order chi connectivity index (χ1) is 7.07. The molecule has 0 fully saturated rings. The molecule has 0 saturated carbocycles. The minimum Gasteiger partial charge on any atom is -0.370 e. The summed E-state index contributed by atoms with van der Waals surface area (Å²) >= 11 is 0. The number of likely N-dealkylation sites (N-methyl/N-ethyl adjacent to an activating group) is 1. The van der Waals surface area contributed by atoms with Crippen molar-refractivity contribution in [1.29, 1.82) is 0 Å². The van der Waals surface area contributed by atoms with Gasteiger partial charge in [0.1, 0.15) is 0 Å². The summed E-state index contributed by atoms with van der Waals surface area (Å²) in [5.74, 6) is -1.21. The Balaban J connectivity index is 3.35. The molecule has 0 aliphatic heterocycles. The third-order valence-corrected chi connectivity index (χ3v) is 2.06. The third kappa shape index (κ3) is 7.66. The zero-order valence-electron chi connectivity index (χ0n) is 9.04. The van der Waals surface area contributed by atoms with Gasteiger partial charge >= 0.3 is 0 Å². The molecule has 0 bridgehead atoms. The number of unbranched alkanes of at least 4 members (excludes halogenated alkanes) is 3. The Kier molecular flexibility index (Phi) is 7.23. The Morgan fingerprint density at radius 1 is 1.00 bits per heavy atom. The molecule has 0 aromatic rings. The van der Waals surface area contributed by atoms with Crippen LogP contribution in [0.2, 0.25) is 0 Å². The number of ketones is 1. The van der Waals surface area contributed by atoms with Crippen LogP contribution >= 0.6 is 0 Å².